The molecule has 0 aliphatic rings. The molecule has 1 aromatic rings. The number of halogens is 2. The monoisotopic (exact) mass is 254 g/mol. The van der Waals surface area contributed by atoms with Gasteiger partial charge in [-0.15, -0.1) is 0 Å². The standard InChI is InChI=1S/C8H9F2O3PS/c9-8(10,14(11,12)13)7-3-1-6(5-15)2-4-7/h1-4,15H,5H2,(H2,11,12,13). The van der Waals surface area contributed by atoms with Crippen LogP contribution in [0.4, 0.5) is 8.78 Å². The summed E-state index contributed by atoms with van der Waals surface area (Å²) in [5, 5.41) is 0. The van der Waals surface area contributed by atoms with E-state index in [1.54, 1.807) is 0 Å². The summed E-state index contributed by atoms with van der Waals surface area (Å²) in [4.78, 5) is 16.9. The van der Waals surface area contributed by atoms with Gasteiger partial charge in [-0.1, -0.05) is 24.3 Å². The minimum atomic E-state index is -5.47. The van der Waals surface area contributed by atoms with E-state index in [9.17, 15) is 13.3 Å². The van der Waals surface area contributed by atoms with Gasteiger partial charge in [-0.2, -0.15) is 21.4 Å². The van der Waals surface area contributed by atoms with Crippen molar-refractivity contribution in [2.24, 2.45) is 0 Å². The minimum absolute atomic E-state index is 0.377. The Kier molecular flexibility index (Phi) is 3.55. The summed E-state index contributed by atoms with van der Waals surface area (Å²) >= 11 is 3.93. The molecule has 15 heavy (non-hydrogen) atoms. The topological polar surface area (TPSA) is 57.5 Å². The minimum Gasteiger partial charge on any atom is -0.320 e. The van der Waals surface area contributed by atoms with E-state index >= 15 is 0 Å². The Morgan fingerprint density at radius 1 is 1.27 bits per heavy atom. The summed E-state index contributed by atoms with van der Waals surface area (Å²) < 4.78 is 36.8. The van der Waals surface area contributed by atoms with Gasteiger partial charge in [0.1, 0.15) is 0 Å². The molecule has 84 valence electrons. The van der Waals surface area contributed by atoms with Crippen LogP contribution in [0.1, 0.15) is 11.1 Å². The van der Waals surface area contributed by atoms with Crippen LogP contribution in [-0.4, -0.2) is 9.79 Å². The zero-order valence-electron chi connectivity index (χ0n) is 7.47. The SMILES string of the molecule is O=P(O)(O)C(F)(F)c1ccc(CS)cc1. The smallest absolute Gasteiger partial charge is 0.320 e. The molecular weight excluding hydrogens is 245 g/mol. The zero-order chi connectivity index (χ0) is 11.7. The van der Waals surface area contributed by atoms with Gasteiger partial charge in [0.2, 0.25) is 0 Å². The highest BCUT2D eigenvalue weighted by atomic mass is 32.1. The third kappa shape index (κ3) is 2.58. The highest BCUT2D eigenvalue weighted by Gasteiger charge is 2.50. The molecule has 0 unspecified atom stereocenters. The van der Waals surface area contributed by atoms with Gasteiger partial charge in [0.15, 0.2) is 0 Å². The summed E-state index contributed by atoms with van der Waals surface area (Å²) in [5.41, 5.74) is -4.13. The maximum Gasteiger partial charge on any atom is 0.399 e. The van der Waals surface area contributed by atoms with E-state index in [0.29, 0.717) is 11.3 Å². The molecule has 0 atom stereocenters. The number of benzene rings is 1. The van der Waals surface area contributed by atoms with Crippen LogP contribution in [0, 0.1) is 0 Å². The van der Waals surface area contributed by atoms with Crippen molar-refractivity contribution in [1.29, 1.82) is 0 Å². The molecule has 0 saturated heterocycles. The first-order valence-electron chi connectivity index (χ1n) is 3.93. The maximum absolute atomic E-state index is 13.1. The Labute approximate surface area is 90.7 Å². The van der Waals surface area contributed by atoms with Gasteiger partial charge in [0, 0.05) is 11.3 Å². The number of thiol groups is 1. The van der Waals surface area contributed by atoms with Crippen molar-refractivity contribution >= 4 is 20.2 Å². The molecule has 7 heteroatoms. The van der Waals surface area contributed by atoms with Crippen LogP contribution >= 0.6 is 20.2 Å². The van der Waals surface area contributed by atoms with E-state index in [1.807, 2.05) is 0 Å². The highest BCUT2D eigenvalue weighted by molar-refractivity contribution is 7.79. The third-order valence-corrected chi connectivity index (χ3v) is 3.20. The van der Waals surface area contributed by atoms with E-state index in [2.05, 4.69) is 12.6 Å². The Morgan fingerprint density at radius 3 is 2.07 bits per heavy atom. The fraction of sp³-hybridized carbons (Fsp3) is 0.250. The van der Waals surface area contributed by atoms with Crippen molar-refractivity contribution in [2.75, 3.05) is 0 Å². The fourth-order valence-electron chi connectivity index (χ4n) is 0.979. The summed E-state index contributed by atoms with van der Waals surface area (Å²) in [6, 6.07) is 4.69. The molecule has 0 saturated carbocycles. The lowest BCUT2D eigenvalue weighted by Gasteiger charge is -2.17. The van der Waals surface area contributed by atoms with Crippen LogP contribution < -0.4 is 0 Å². The van der Waals surface area contributed by atoms with Gasteiger partial charge >= 0.3 is 13.3 Å². The largest absolute Gasteiger partial charge is 0.399 e. The van der Waals surface area contributed by atoms with E-state index in [1.165, 1.54) is 12.1 Å². The molecule has 0 aliphatic carbocycles. The predicted octanol–water partition coefficient (Wildman–Crippen LogP) is 2.34. The van der Waals surface area contributed by atoms with Gasteiger partial charge in [-0.25, -0.2) is 0 Å². The number of hydrogen-bond donors (Lipinski definition) is 3. The van der Waals surface area contributed by atoms with Crippen molar-refractivity contribution in [2.45, 2.75) is 11.4 Å². The molecule has 0 amide bonds. The first kappa shape index (κ1) is 12.6. The lowest BCUT2D eigenvalue weighted by atomic mass is 10.1. The van der Waals surface area contributed by atoms with Crippen molar-refractivity contribution in [3.05, 3.63) is 35.4 Å². The van der Waals surface area contributed by atoms with Crippen LogP contribution in [0.2, 0.25) is 0 Å². The molecule has 0 spiro atoms. The molecule has 1 aromatic carbocycles. The van der Waals surface area contributed by atoms with Crippen molar-refractivity contribution in [1.82, 2.24) is 0 Å². The molecule has 0 aromatic heterocycles. The van der Waals surface area contributed by atoms with E-state index in [-0.39, 0.29) is 0 Å². The van der Waals surface area contributed by atoms with Crippen molar-refractivity contribution < 1.29 is 23.1 Å². The summed E-state index contributed by atoms with van der Waals surface area (Å²) in [5.74, 6) is 0.377. The van der Waals surface area contributed by atoms with Gasteiger partial charge < -0.3 is 9.79 Å². The Bertz CT molecular complexity index is 387. The van der Waals surface area contributed by atoms with Crippen LogP contribution in [0.5, 0.6) is 0 Å². The van der Waals surface area contributed by atoms with Crippen LogP contribution in [0.3, 0.4) is 0 Å². The molecule has 3 nitrogen and oxygen atoms in total. The van der Waals surface area contributed by atoms with E-state index < -0.39 is 18.8 Å². The normalized spacial score (nSPS) is 12.9. The Balaban J connectivity index is 3.11. The lowest BCUT2D eigenvalue weighted by molar-refractivity contribution is 0.0564. The first-order valence-corrected chi connectivity index (χ1v) is 6.17. The Hall–Kier alpha value is -0.420. The van der Waals surface area contributed by atoms with Gasteiger partial charge in [-0.3, -0.25) is 4.57 Å². The average molecular weight is 254 g/mol. The van der Waals surface area contributed by atoms with Crippen LogP contribution in [-0.2, 0) is 16.0 Å². The van der Waals surface area contributed by atoms with Gasteiger partial charge in [0.25, 0.3) is 0 Å². The molecule has 0 heterocycles. The average Bonchev–Trinajstić information content (AvgIpc) is 2.16. The number of rotatable bonds is 3. The summed E-state index contributed by atoms with van der Waals surface area (Å²) in [7, 11) is -5.47. The molecule has 0 radical (unpaired) electrons. The molecule has 0 fully saturated rings. The molecule has 0 aliphatic heterocycles. The predicted molar refractivity (Wildman–Crippen MR) is 55.1 cm³/mol. The van der Waals surface area contributed by atoms with Crippen molar-refractivity contribution in [3.8, 4) is 0 Å². The number of alkyl halides is 2. The second kappa shape index (κ2) is 4.22. The third-order valence-electron chi connectivity index (χ3n) is 1.85. The summed E-state index contributed by atoms with van der Waals surface area (Å²) in [6.07, 6.45) is 0. The zero-order valence-corrected chi connectivity index (χ0v) is 9.26. The quantitative estimate of drug-likeness (QED) is 0.573. The molecule has 2 N–H and O–H groups in total. The lowest BCUT2D eigenvalue weighted by Crippen LogP contribution is -2.13. The molecule has 0 bridgehead atoms. The van der Waals surface area contributed by atoms with Crippen molar-refractivity contribution in [3.63, 3.8) is 0 Å². The second-order valence-electron chi connectivity index (χ2n) is 2.94. The van der Waals surface area contributed by atoms with Gasteiger partial charge in [-0.05, 0) is 5.56 Å². The number of hydrogen-bond acceptors (Lipinski definition) is 2. The van der Waals surface area contributed by atoms with Crippen LogP contribution in [0.15, 0.2) is 24.3 Å². The summed E-state index contributed by atoms with van der Waals surface area (Å²) in [6.45, 7) is 0. The molecule has 1 rings (SSSR count). The first-order chi connectivity index (χ1) is 6.79. The Morgan fingerprint density at radius 2 is 1.73 bits per heavy atom. The van der Waals surface area contributed by atoms with Gasteiger partial charge in [0.05, 0.1) is 0 Å². The second-order valence-corrected chi connectivity index (χ2v) is 4.91. The van der Waals surface area contributed by atoms with Crippen LogP contribution in [0.25, 0.3) is 0 Å². The fourth-order valence-corrected chi connectivity index (χ4v) is 1.68. The molecular formula is C8H9F2O3PS. The van der Waals surface area contributed by atoms with E-state index in [4.69, 9.17) is 9.79 Å². The van der Waals surface area contributed by atoms with E-state index in [0.717, 1.165) is 12.1 Å². The highest BCUT2D eigenvalue weighted by Crippen LogP contribution is 2.59. The maximum atomic E-state index is 13.1.